The summed E-state index contributed by atoms with van der Waals surface area (Å²) in [4.78, 5) is 11.8. The van der Waals surface area contributed by atoms with Crippen molar-refractivity contribution in [1.29, 1.82) is 0 Å². The van der Waals surface area contributed by atoms with Crippen molar-refractivity contribution in [2.45, 2.75) is 18.4 Å². The van der Waals surface area contributed by atoms with E-state index >= 15 is 0 Å². The molecule has 0 aromatic heterocycles. The molecule has 0 spiro atoms. The molecule has 2 rings (SSSR count). The monoisotopic (exact) mass is 397 g/mol. The molecule has 0 amide bonds. The lowest BCUT2D eigenvalue weighted by atomic mass is 10.1. The van der Waals surface area contributed by atoms with Crippen molar-refractivity contribution in [3.05, 3.63) is 64.1 Å². The molecule has 0 bridgehead atoms. The molecular formula is C16H16BrNO4S. The average molecular weight is 398 g/mol. The largest absolute Gasteiger partial charge is 0.460 e. The maximum Gasteiger partial charge on any atom is 0.321 e. The summed E-state index contributed by atoms with van der Waals surface area (Å²) < 4.78 is 32.1. The van der Waals surface area contributed by atoms with Gasteiger partial charge in [-0.05, 0) is 30.7 Å². The van der Waals surface area contributed by atoms with Crippen molar-refractivity contribution in [3.63, 3.8) is 0 Å². The van der Waals surface area contributed by atoms with E-state index in [4.69, 9.17) is 4.74 Å². The van der Waals surface area contributed by atoms with E-state index in [9.17, 15) is 13.2 Å². The van der Waals surface area contributed by atoms with Crippen LogP contribution in [0.2, 0.25) is 0 Å². The van der Waals surface area contributed by atoms with Crippen LogP contribution in [0.3, 0.4) is 0 Å². The van der Waals surface area contributed by atoms with Crippen LogP contribution in [0.4, 0.5) is 0 Å². The first-order chi connectivity index (χ1) is 10.9. The van der Waals surface area contributed by atoms with Crippen LogP contribution in [-0.2, 0) is 26.2 Å². The molecule has 0 radical (unpaired) electrons. The van der Waals surface area contributed by atoms with Crippen LogP contribution in [-0.4, -0.2) is 20.9 Å². The van der Waals surface area contributed by atoms with Gasteiger partial charge >= 0.3 is 5.97 Å². The van der Waals surface area contributed by atoms with Crippen LogP contribution in [0.1, 0.15) is 11.1 Å². The van der Waals surface area contributed by atoms with E-state index in [0.29, 0.717) is 4.47 Å². The highest BCUT2D eigenvalue weighted by Gasteiger charge is 2.16. The molecule has 0 aliphatic heterocycles. The van der Waals surface area contributed by atoms with Crippen LogP contribution >= 0.6 is 15.9 Å². The summed E-state index contributed by atoms with van der Waals surface area (Å²) in [5, 5.41) is 0. The molecule has 7 heteroatoms. The van der Waals surface area contributed by atoms with Gasteiger partial charge in [-0.2, -0.15) is 4.72 Å². The molecule has 1 N–H and O–H groups in total. The number of carbonyl (C=O) groups is 1. The summed E-state index contributed by atoms with van der Waals surface area (Å²) in [5.41, 5.74) is 1.92. The summed E-state index contributed by atoms with van der Waals surface area (Å²) in [7, 11) is -3.75. The van der Waals surface area contributed by atoms with E-state index in [1.165, 1.54) is 12.1 Å². The standard InChI is InChI=1S/C16H16BrNO4S/c1-12-4-2-5-13(8-12)11-22-16(19)10-18-23(20,21)15-7-3-6-14(17)9-15/h2-9,18H,10-11H2,1H3. The predicted molar refractivity (Wildman–Crippen MR) is 90.3 cm³/mol. The Labute approximate surface area is 143 Å². The van der Waals surface area contributed by atoms with E-state index < -0.39 is 22.5 Å². The molecule has 0 saturated carbocycles. The lowest BCUT2D eigenvalue weighted by Gasteiger charge is -2.08. The number of hydrogen-bond donors (Lipinski definition) is 1. The summed E-state index contributed by atoms with van der Waals surface area (Å²) in [6.45, 7) is 1.64. The highest BCUT2D eigenvalue weighted by molar-refractivity contribution is 9.10. The van der Waals surface area contributed by atoms with Gasteiger partial charge in [0.2, 0.25) is 10.0 Å². The Morgan fingerprint density at radius 2 is 1.91 bits per heavy atom. The molecule has 2 aromatic rings. The number of nitrogens with one attached hydrogen (secondary N) is 1. The number of sulfonamides is 1. The zero-order chi connectivity index (χ0) is 16.9. The van der Waals surface area contributed by atoms with Crippen LogP contribution in [0, 0.1) is 6.92 Å². The SMILES string of the molecule is Cc1cccc(COC(=O)CNS(=O)(=O)c2cccc(Br)c2)c1. The fourth-order valence-electron chi connectivity index (χ4n) is 1.89. The van der Waals surface area contributed by atoms with Gasteiger partial charge in [-0.25, -0.2) is 8.42 Å². The fraction of sp³-hybridized carbons (Fsp3) is 0.188. The highest BCUT2D eigenvalue weighted by Crippen LogP contribution is 2.15. The molecule has 0 aliphatic carbocycles. The smallest absolute Gasteiger partial charge is 0.321 e. The predicted octanol–water partition coefficient (Wildman–Crippen LogP) is 2.78. The fourth-order valence-corrected chi connectivity index (χ4v) is 3.45. The van der Waals surface area contributed by atoms with Gasteiger partial charge in [0.15, 0.2) is 0 Å². The van der Waals surface area contributed by atoms with Gasteiger partial charge in [-0.1, -0.05) is 51.8 Å². The van der Waals surface area contributed by atoms with Crippen LogP contribution < -0.4 is 4.72 Å². The first kappa shape index (κ1) is 17.7. The third-order valence-electron chi connectivity index (χ3n) is 3.00. The molecule has 0 fully saturated rings. The van der Waals surface area contributed by atoms with E-state index in [2.05, 4.69) is 20.7 Å². The number of benzene rings is 2. The first-order valence-electron chi connectivity index (χ1n) is 6.83. The van der Waals surface area contributed by atoms with Crippen molar-refractivity contribution < 1.29 is 17.9 Å². The van der Waals surface area contributed by atoms with Crippen LogP contribution in [0.15, 0.2) is 57.9 Å². The molecule has 122 valence electrons. The van der Waals surface area contributed by atoms with Crippen molar-refractivity contribution in [2.75, 3.05) is 6.54 Å². The van der Waals surface area contributed by atoms with Gasteiger partial charge in [-0.15, -0.1) is 0 Å². The summed E-state index contributed by atoms with van der Waals surface area (Å²) in [5.74, 6) is -0.634. The van der Waals surface area contributed by atoms with E-state index in [-0.39, 0.29) is 11.5 Å². The van der Waals surface area contributed by atoms with Crippen molar-refractivity contribution in [2.24, 2.45) is 0 Å². The van der Waals surface area contributed by atoms with Gasteiger partial charge in [-0.3, -0.25) is 4.79 Å². The van der Waals surface area contributed by atoms with Gasteiger partial charge in [0.1, 0.15) is 13.2 Å². The zero-order valence-electron chi connectivity index (χ0n) is 12.5. The molecule has 0 atom stereocenters. The molecule has 23 heavy (non-hydrogen) atoms. The Kier molecular flexibility index (Phi) is 5.92. The minimum Gasteiger partial charge on any atom is -0.460 e. The summed E-state index contributed by atoms with van der Waals surface area (Å²) in [6, 6.07) is 13.8. The zero-order valence-corrected chi connectivity index (χ0v) is 14.9. The lowest BCUT2D eigenvalue weighted by molar-refractivity contribution is -0.143. The number of rotatable bonds is 6. The number of esters is 1. The third kappa shape index (κ3) is 5.46. The second-order valence-corrected chi connectivity index (χ2v) is 7.61. The normalized spacial score (nSPS) is 11.2. The van der Waals surface area contributed by atoms with E-state index in [1.54, 1.807) is 12.1 Å². The van der Waals surface area contributed by atoms with Crippen molar-refractivity contribution in [1.82, 2.24) is 4.72 Å². The number of ether oxygens (including phenoxy) is 1. The molecule has 0 unspecified atom stereocenters. The van der Waals surface area contributed by atoms with Crippen LogP contribution in [0.25, 0.3) is 0 Å². The van der Waals surface area contributed by atoms with E-state index in [1.807, 2.05) is 31.2 Å². The average Bonchev–Trinajstić information content (AvgIpc) is 2.51. The second kappa shape index (κ2) is 7.72. The minimum absolute atomic E-state index is 0.0818. The van der Waals surface area contributed by atoms with Gasteiger partial charge in [0, 0.05) is 4.47 Å². The van der Waals surface area contributed by atoms with Crippen molar-refractivity contribution in [3.8, 4) is 0 Å². The van der Waals surface area contributed by atoms with E-state index in [0.717, 1.165) is 11.1 Å². The molecule has 0 saturated heterocycles. The second-order valence-electron chi connectivity index (χ2n) is 4.93. The number of hydrogen-bond acceptors (Lipinski definition) is 4. The Morgan fingerprint density at radius 1 is 1.17 bits per heavy atom. The lowest BCUT2D eigenvalue weighted by Crippen LogP contribution is -2.30. The number of halogens is 1. The highest BCUT2D eigenvalue weighted by atomic mass is 79.9. The Bertz CT molecular complexity index is 805. The summed E-state index contributed by atoms with van der Waals surface area (Å²) in [6.07, 6.45) is 0. The molecular weight excluding hydrogens is 382 g/mol. The maximum atomic E-state index is 12.1. The summed E-state index contributed by atoms with van der Waals surface area (Å²) >= 11 is 3.21. The molecule has 5 nitrogen and oxygen atoms in total. The quantitative estimate of drug-likeness (QED) is 0.760. The Hall–Kier alpha value is -1.70. The van der Waals surface area contributed by atoms with Gasteiger partial charge in [0.05, 0.1) is 4.90 Å². The Morgan fingerprint density at radius 3 is 2.61 bits per heavy atom. The molecule has 0 heterocycles. The molecule has 0 aliphatic rings. The van der Waals surface area contributed by atoms with Gasteiger partial charge < -0.3 is 4.74 Å². The van der Waals surface area contributed by atoms with Crippen LogP contribution in [0.5, 0.6) is 0 Å². The first-order valence-corrected chi connectivity index (χ1v) is 9.11. The third-order valence-corrected chi connectivity index (χ3v) is 4.89. The topological polar surface area (TPSA) is 72.5 Å². The van der Waals surface area contributed by atoms with Crippen molar-refractivity contribution >= 4 is 31.9 Å². The van der Waals surface area contributed by atoms with Gasteiger partial charge in [0.25, 0.3) is 0 Å². The minimum atomic E-state index is -3.75. The molecule has 2 aromatic carbocycles. The Balaban J connectivity index is 1.88. The number of aryl methyl sites for hydroxylation is 1. The number of carbonyl (C=O) groups excluding carboxylic acids is 1. The maximum absolute atomic E-state index is 12.1.